The van der Waals surface area contributed by atoms with Crippen molar-refractivity contribution in [1.82, 2.24) is 12.3 Å². The molecule has 0 aliphatic carbocycles. The van der Waals surface area contributed by atoms with Crippen molar-refractivity contribution in [2.45, 2.75) is 0 Å². The largest absolute Gasteiger partial charge is 0.344 e. The summed E-state index contributed by atoms with van der Waals surface area (Å²) in [6.45, 7) is 0. The van der Waals surface area contributed by atoms with Crippen molar-refractivity contribution in [1.29, 1.82) is 0 Å². The van der Waals surface area contributed by atoms with Crippen molar-refractivity contribution in [3.05, 3.63) is 0 Å². The van der Waals surface area contributed by atoms with Gasteiger partial charge in [-0.2, -0.15) is 16.8 Å². The predicted molar refractivity (Wildman–Crippen MR) is 67.8 cm³/mol. The molecular weight excluding hydrogens is 300 g/mol. The summed E-state index contributed by atoms with van der Waals surface area (Å²) >= 11 is 0. The molecule has 0 aromatic heterocycles. The van der Waals surface area contributed by atoms with E-state index in [-0.39, 0.29) is 35.3 Å². The second-order valence-corrected chi connectivity index (χ2v) is 8.06. The number of rotatable bonds is 7. The van der Waals surface area contributed by atoms with E-state index in [2.05, 4.69) is 0 Å². The van der Waals surface area contributed by atoms with Gasteiger partial charge in [-0.1, -0.05) is 21.6 Å². The fourth-order valence-electron chi connectivity index (χ4n) is 0.397. The standard InChI is InChI=1S/C4H10O6S4.2H3N/c5-13(6,7)3-1-11-12-2-4-14(8,9)10;;/h1-4H2,(H,5,6,7)(H,8,9,10);2*1H3. The van der Waals surface area contributed by atoms with Crippen LogP contribution in [0.4, 0.5) is 0 Å². The predicted octanol–water partition coefficient (Wildman–Crippen LogP) is 0.467. The molecule has 0 fully saturated rings. The van der Waals surface area contributed by atoms with Crippen molar-refractivity contribution < 1.29 is 25.9 Å². The lowest BCUT2D eigenvalue weighted by molar-refractivity contribution is 0.483. The molecule has 0 heterocycles. The molecule has 0 aliphatic rings. The molecule has 0 radical (unpaired) electrons. The fourth-order valence-corrected chi connectivity index (χ4v) is 4.79. The second-order valence-electron chi connectivity index (χ2n) is 2.22. The van der Waals surface area contributed by atoms with Crippen LogP contribution in [0, 0.1) is 0 Å². The maximum Gasteiger partial charge on any atom is 0.265 e. The molecular formula is C4H16N2O6S4. The molecule has 0 saturated carbocycles. The van der Waals surface area contributed by atoms with Crippen molar-refractivity contribution >= 4 is 41.8 Å². The average molecular weight is 316 g/mol. The molecule has 8 N–H and O–H groups in total. The first-order valence-electron chi connectivity index (χ1n) is 3.35. The highest BCUT2D eigenvalue weighted by atomic mass is 33.1. The Labute approximate surface area is 103 Å². The summed E-state index contributed by atoms with van der Waals surface area (Å²) in [5.41, 5.74) is 0. The molecule has 0 aliphatic heterocycles. The Morgan fingerprint density at radius 1 is 0.750 bits per heavy atom. The fraction of sp³-hybridized carbons (Fsp3) is 1.00. The first kappa shape index (κ1) is 21.7. The summed E-state index contributed by atoms with van der Waals surface area (Å²) in [5.74, 6) is -0.378. The zero-order valence-corrected chi connectivity index (χ0v) is 11.7. The monoisotopic (exact) mass is 316 g/mol. The molecule has 0 aromatic carbocycles. The molecule has 8 nitrogen and oxygen atoms in total. The van der Waals surface area contributed by atoms with Gasteiger partial charge in [0.2, 0.25) is 0 Å². The van der Waals surface area contributed by atoms with Crippen molar-refractivity contribution in [2.24, 2.45) is 0 Å². The van der Waals surface area contributed by atoms with Gasteiger partial charge in [-0.3, -0.25) is 9.11 Å². The van der Waals surface area contributed by atoms with Crippen LogP contribution < -0.4 is 12.3 Å². The van der Waals surface area contributed by atoms with E-state index in [4.69, 9.17) is 9.11 Å². The van der Waals surface area contributed by atoms with Crippen LogP contribution in [0.15, 0.2) is 0 Å². The number of hydrogen-bond donors (Lipinski definition) is 4. The minimum absolute atomic E-state index is 0. The van der Waals surface area contributed by atoms with Crippen molar-refractivity contribution in [2.75, 3.05) is 23.0 Å². The van der Waals surface area contributed by atoms with Crippen LogP contribution in [0.25, 0.3) is 0 Å². The third-order valence-electron chi connectivity index (χ3n) is 0.933. The van der Waals surface area contributed by atoms with Gasteiger partial charge in [0.15, 0.2) is 0 Å². The molecule has 0 bridgehead atoms. The highest BCUT2D eigenvalue weighted by Crippen LogP contribution is 2.20. The van der Waals surface area contributed by atoms with Crippen LogP contribution in [-0.4, -0.2) is 49.0 Å². The quantitative estimate of drug-likeness (QED) is 0.293. The van der Waals surface area contributed by atoms with Crippen LogP contribution >= 0.6 is 21.6 Å². The molecule has 0 atom stereocenters. The Bertz CT molecular complexity index is 315. The summed E-state index contributed by atoms with van der Waals surface area (Å²) in [6.07, 6.45) is 0. The van der Waals surface area contributed by atoms with Gasteiger partial charge in [0.25, 0.3) is 20.2 Å². The van der Waals surface area contributed by atoms with E-state index in [1.165, 1.54) is 0 Å². The second kappa shape index (κ2) is 9.47. The molecule has 0 spiro atoms. The van der Waals surface area contributed by atoms with Gasteiger partial charge in [-0.15, -0.1) is 0 Å². The van der Waals surface area contributed by atoms with Gasteiger partial charge in [0.1, 0.15) is 0 Å². The third-order valence-corrected chi connectivity index (χ3v) is 5.30. The SMILES string of the molecule is N.N.O=S(=O)(O)CCSSCCS(=O)(=O)O. The maximum absolute atomic E-state index is 10.2. The smallest absolute Gasteiger partial charge is 0.265 e. The van der Waals surface area contributed by atoms with Gasteiger partial charge in [0, 0.05) is 11.5 Å². The highest BCUT2D eigenvalue weighted by molar-refractivity contribution is 8.76. The van der Waals surface area contributed by atoms with Gasteiger partial charge in [0.05, 0.1) is 11.5 Å². The Kier molecular flexibility index (Phi) is 12.8. The molecule has 0 amide bonds. The summed E-state index contributed by atoms with van der Waals surface area (Å²) in [6, 6.07) is 0. The zero-order chi connectivity index (χ0) is 11.2. The van der Waals surface area contributed by atoms with Crippen molar-refractivity contribution in [3.63, 3.8) is 0 Å². The van der Waals surface area contributed by atoms with E-state index in [0.717, 1.165) is 21.6 Å². The topological polar surface area (TPSA) is 179 Å². The van der Waals surface area contributed by atoms with Gasteiger partial charge in [-0.05, 0) is 0 Å². The van der Waals surface area contributed by atoms with Crippen LogP contribution in [-0.2, 0) is 20.2 Å². The Hall–Kier alpha value is 0.440. The molecule has 0 saturated heterocycles. The molecule has 102 valence electrons. The lowest BCUT2D eigenvalue weighted by atomic mass is 11.0. The summed E-state index contributed by atoms with van der Waals surface area (Å²) in [5, 5.41) is 0. The van der Waals surface area contributed by atoms with Crippen LogP contribution in [0.5, 0.6) is 0 Å². The Morgan fingerprint density at radius 2 is 1.00 bits per heavy atom. The normalized spacial score (nSPS) is 11.4. The van der Waals surface area contributed by atoms with E-state index >= 15 is 0 Å². The first-order valence-corrected chi connectivity index (χ1v) is 9.06. The maximum atomic E-state index is 10.2. The molecule has 16 heavy (non-hydrogen) atoms. The highest BCUT2D eigenvalue weighted by Gasteiger charge is 2.06. The Morgan fingerprint density at radius 3 is 1.19 bits per heavy atom. The van der Waals surface area contributed by atoms with E-state index < -0.39 is 20.2 Å². The van der Waals surface area contributed by atoms with E-state index in [1.54, 1.807) is 0 Å². The lowest BCUT2D eigenvalue weighted by Crippen LogP contribution is -2.07. The molecule has 12 heteroatoms. The molecule has 0 rings (SSSR count). The Balaban J connectivity index is -0.000000845. The summed E-state index contributed by atoms with van der Waals surface area (Å²) < 4.78 is 57.5. The molecule has 0 aromatic rings. The lowest BCUT2D eigenvalue weighted by Gasteiger charge is -1.98. The van der Waals surface area contributed by atoms with Crippen LogP contribution in [0.2, 0.25) is 0 Å². The average Bonchev–Trinajstić information content (AvgIpc) is 1.92. The zero-order valence-electron chi connectivity index (χ0n) is 8.40. The molecule has 0 unspecified atom stereocenters. The summed E-state index contributed by atoms with van der Waals surface area (Å²) in [4.78, 5) is 0. The van der Waals surface area contributed by atoms with Crippen LogP contribution in [0.3, 0.4) is 0 Å². The van der Waals surface area contributed by atoms with E-state index in [1.807, 2.05) is 0 Å². The minimum atomic E-state index is -3.94. The first-order chi connectivity index (χ1) is 6.21. The van der Waals surface area contributed by atoms with Gasteiger partial charge >= 0.3 is 0 Å². The van der Waals surface area contributed by atoms with Crippen molar-refractivity contribution in [3.8, 4) is 0 Å². The minimum Gasteiger partial charge on any atom is -0.344 e. The number of hydrogen-bond acceptors (Lipinski definition) is 8. The summed E-state index contributed by atoms with van der Waals surface area (Å²) in [7, 11) is -5.64. The van der Waals surface area contributed by atoms with E-state index in [9.17, 15) is 16.8 Å². The van der Waals surface area contributed by atoms with Crippen LogP contribution in [0.1, 0.15) is 0 Å². The van der Waals surface area contributed by atoms with Gasteiger partial charge in [-0.25, -0.2) is 0 Å². The third kappa shape index (κ3) is 19.9. The van der Waals surface area contributed by atoms with Gasteiger partial charge < -0.3 is 12.3 Å². The van der Waals surface area contributed by atoms with E-state index in [0.29, 0.717) is 0 Å².